The fourth-order valence-electron chi connectivity index (χ4n) is 1.36. The predicted molar refractivity (Wildman–Crippen MR) is 78.2 cm³/mol. The number of esters is 1. The highest BCUT2D eigenvalue weighted by Crippen LogP contribution is 2.22. The Labute approximate surface area is 120 Å². The molecule has 0 aliphatic rings. The molecule has 0 radical (unpaired) electrons. The molecule has 0 bridgehead atoms. The van der Waals surface area contributed by atoms with Crippen LogP contribution in [0.3, 0.4) is 0 Å². The van der Waals surface area contributed by atoms with E-state index in [1.54, 1.807) is 17.8 Å². The number of carbonyl (C=O) groups excluding carboxylic acids is 1. The van der Waals surface area contributed by atoms with Gasteiger partial charge >= 0.3 is 11.7 Å². The van der Waals surface area contributed by atoms with Gasteiger partial charge < -0.3 is 10.1 Å². The van der Waals surface area contributed by atoms with Gasteiger partial charge in [0.05, 0.1) is 12.0 Å². The van der Waals surface area contributed by atoms with Gasteiger partial charge in [-0.1, -0.05) is 6.08 Å². The molecule has 0 saturated heterocycles. The normalized spacial score (nSPS) is 9.85. The molecule has 0 unspecified atom stereocenters. The average molecular weight is 297 g/mol. The molecule has 108 valence electrons. The second kappa shape index (κ2) is 8.16. The highest BCUT2D eigenvalue weighted by Gasteiger charge is 2.18. The van der Waals surface area contributed by atoms with Gasteiger partial charge in [0.1, 0.15) is 0 Å². The third kappa shape index (κ3) is 4.54. The summed E-state index contributed by atoms with van der Waals surface area (Å²) >= 11 is 1.63. The molecule has 1 aromatic rings. The summed E-state index contributed by atoms with van der Waals surface area (Å²) in [5.74, 6) is 0.980. The Balaban J connectivity index is 2.80. The van der Waals surface area contributed by atoms with Crippen LogP contribution in [-0.2, 0) is 4.74 Å². The maximum atomic E-state index is 11.4. The van der Waals surface area contributed by atoms with E-state index in [1.165, 1.54) is 19.2 Å². The van der Waals surface area contributed by atoms with E-state index >= 15 is 0 Å². The summed E-state index contributed by atoms with van der Waals surface area (Å²) in [6.45, 7) is 4.10. The van der Waals surface area contributed by atoms with Gasteiger partial charge in [-0.2, -0.15) is 11.8 Å². The lowest BCUT2D eigenvalue weighted by Gasteiger charge is -2.07. The number of nitrogens with zero attached hydrogens (tertiary/aromatic N) is 2. The van der Waals surface area contributed by atoms with Crippen LogP contribution in [0.5, 0.6) is 0 Å². The molecule has 7 nitrogen and oxygen atoms in total. The Morgan fingerprint density at radius 2 is 2.40 bits per heavy atom. The highest BCUT2D eigenvalue weighted by atomic mass is 32.2. The summed E-state index contributed by atoms with van der Waals surface area (Å²) < 4.78 is 4.53. The van der Waals surface area contributed by atoms with Crippen LogP contribution in [0, 0.1) is 10.1 Å². The minimum Gasteiger partial charge on any atom is -0.464 e. The van der Waals surface area contributed by atoms with Gasteiger partial charge in [0, 0.05) is 24.1 Å². The van der Waals surface area contributed by atoms with E-state index < -0.39 is 10.9 Å². The molecule has 1 heterocycles. The third-order valence-corrected chi connectivity index (χ3v) is 3.20. The van der Waals surface area contributed by atoms with Crippen molar-refractivity contribution >= 4 is 29.2 Å². The molecule has 1 rings (SSSR count). The molecular formula is C12H15N3O4S. The Hall–Kier alpha value is -2.09. The van der Waals surface area contributed by atoms with Crippen LogP contribution < -0.4 is 5.32 Å². The quantitative estimate of drug-likeness (QED) is 0.258. The lowest BCUT2D eigenvalue weighted by atomic mass is 10.3. The summed E-state index contributed by atoms with van der Waals surface area (Å²) in [6.07, 6.45) is 1.78. The minimum atomic E-state index is -0.635. The van der Waals surface area contributed by atoms with Crippen molar-refractivity contribution in [3.8, 4) is 0 Å². The topological polar surface area (TPSA) is 94.4 Å². The largest absolute Gasteiger partial charge is 0.464 e. The van der Waals surface area contributed by atoms with Gasteiger partial charge in [-0.25, -0.2) is 9.78 Å². The number of pyridine rings is 1. The first kappa shape index (κ1) is 16.0. The first-order valence-corrected chi connectivity index (χ1v) is 6.92. The molecule has 0 fully saturated rings. The molecule has 8 heteroatoms. The molecule has 0 saturated carbocycles. The van der Waals surface area contributed by atoms with E-state index in [0.29, 0.717) is 6.54 Å². The van der Waals surface area contributed by atoms with Crippen molar-refractivity contribution in [2.75, 3.05) is 30.5 Å². The monoisotopic (exact) mass is 297 g/mol. The smallest absolute Gasteiger partial charge is 0.356 e. The van der Waals surface area contributed by atoms with Gasteiger partial charge in [-0.3, -0.25) is 10.1 Å². The number of rotatable bonds is 8. The minimum absolute atomic E-state index is 0.0272. The van der Waals surface area contributed by atoms with Gasteiger partial charge in [0.15, 0.2) is 5.69 Å². The Morgan fingerprint density at radius 1 is 1.65 bits per heavy atom. The van der Waals surface area contributed by atoms with E-state index in [1.807, 2.05) is 0 Å². The number of nitrogens with one attached hydrogen (secondary N) is 1. The predicted octanol–water partition coefficient (Wildman–Crippen LogP) is 2.11. The maximum absolute atomic E-state index is 11.4. The molecule has 20 heavy (non-hydrogen) atoms. The number of methoxy groups -OCH3 is 1. The van der Waals surface area contributed by atoms with Crippen LogP contribution in [0.1, 0.15) is 10.5 Å². The molecule has 0 aromatic carbocycles. The van der Waals surface area contributed by atoms with Crippen molar-refractivity contribution in [1.82, 2.24) is 4.98 Å². The van der Waals surface area contributed by atoms with Gasteiger partial charge in [0.25, 0.3) is 0 Å². The number of nitro groups is 1. The van der Waals surface area contributed by atoms with Crippen LogP contribution >= 0.6 is 11.8 Å². The van der Waals surface area contributed by atoms with Crippen molar-refractivity contribution in [2.24, 2.45) is 0 Å². The summed E-state index contributed by atoms with van der Waals surface area (Å²) in [5.41, 5.74) is -0.147. The second-order valence-corrected chi connectivity index (χ2v) is 4.75. The van der Waals surface area contributed by atoms with Gasteiger partial charge in [0.2, 0.25) is 5.82 Å². The summed E-state index contributed by atoms with van der Waals surface area (Å²) in [4.78, 5) is 25.6. The van der Waals surface area contributed by atoms with Crippen molar-refractivity contribution in [3.05, 3.63) is 40.6 Å². The SMILES string of the molecule is C=CCSCCNc1nc(C(=O)OC)ccc1[N+](=O)[O-]. The van der Waals surface area contributed by atoms with E-state index in [2.05, 4.69) is 21.6 Å². The van der Waals surface area contributed by atoms with Crippen LogP contribution in [0.2, 0.25) is 0 Å². The zero-order valence-electron chi connectivity index (χ0n) is 11.0. The van der Waals surface area contributed by atoms with Crippen LogP contribution in [0.4, 0.5) is 11.5 Å². The van der Waals surface area contributed by atoms with Crippen LogP contribution in [-0.4, -0.2) is 41.0 Å². The van der Waals surface area contributed by atoms with Crippen molar-refractivity contribution in [3.63, 3.8) is 0 Å². The molecule has 0 aliphatic heterocycles. The number of thioether (sulfide) groups is 1. The molecule has 1 aromatic heterocycles. The molecule has 0 spiro atoms. The Kier molecular flexibility index (Phi) is 6.51. The van der Waals surface area contributed by atoms with Crippen molar-refractivity contribution < 1.29 is 14.5 Å². The van der Waals surface area contributed by atoms with E-state index in [4.69, 9.17) is 0 Å². The second-order valence-electron chi connectivity index (χ2n) is 3.60. The van der Waals surface area contributed by atoms with E-state index in [9.17, 15) is 14.9 Å². The summed E-state index contributed by atoms with van der Waals surface area (Å²) in [6, 6.07) is 2.50. The van der Waals surface area contributed by atoms with Crippen LogP contribution in [0.25, 0.3) is 0 Å². The van der Waals surface area contributed by atoms with Crippen LogP contribution in [0.15, 0.2) is 24.8 Å². The average Bonchev–Trinajstić information content (AvgIpc) is 2.45. The Morgan fingerprint density at radius 3 is 3.00 bits per heavy atom. The number of hydrogen-bond acceptors (Lipinski definition) is 7. The zero-order chi connectivity index (χ0) is 15.0. The zero-order valence-corrected chi connectivity index (χ0v) is 11.8. The number of anilines is 1. The van der Waals surface area contributed by atoms with Gasteiger partial charge in [-0.15, -0.1) is 6.58 Å². The fraction of sp³-hybridized carbons (Fsp3) is 0.333. The fourth-order valence-corrected chi connectivity index (χ4v) is 1.94. The van der Waals surface area contributed by atoms with Gasteiger partial charge in [-0.05, 0) is 6.07 Å². The summed E-state index contributed by atoms with van der Waals surface area (Å²) in [7, 11) is 1.23. The van der Waals surface area contributed by atoms with Crippen molar-refractivity contribution in [2.45, 2.75) is 0 Å². The first-order valence-electron chi connectivity index (χ1n) is 5.76. The molecular weight excluding hydrogens is 282 g/mol. The summed E-state index contributed by atoms with van der Waals surface area (Å²) in [5, 5.41) is 13.8. The number of ether oxygens (including phenoxy) is 1. The van der Waals surface area contributed by atoms with Crippen molar-refractivity contribution in [1.29, 1.82) is 0 Å². The van der Waals surface area contributed by atoms with E-state index in [-0.39, 0.29) is 17.2 Å². The molecule has 0 amide bonds. The lowest BCUT2D eigenvalue weighted by Crippen LogP contribution is -2.12. The lowest BCUT2D eigenvalue weighted by molar-refractivity contribution is -0.384. The number of aromatic nitrogens is 1. The molecule has 0 atom stereocenters. The maximum Gasteiger partial charge on any atom is 0.356 e. The van der Waals surface area contributed by atoms with E-state index in [0.717, 1.165) is 11.5 Å². The Bertz CT molecular complexity index is 507. The standard InChI is InChI=1S/C12H15N3O4S/c1-3-7-20-8-6-13-11-10(15(17)18)5-4-9(14-11)12(16)19-2/h3-5H,1,6-8H2,2H3,(H,13,14). The molecule has 0 aliphatic carbocycles. The number of hydrogen-bond donors (Lipinski definition) is 1. The molecule has 1 N–H and O–H groups in total. The number of carbonyl (C=O) groups is 1. The third-order valence-electron chi connectivity index (χ3n) is 2.24. The highest BCUT2D eigenvalue weighted by molar-refractivity contribution is 7.99. The first-order chi connectivity index (χ1) is 9.60.